The van der Waals surface area contributed by atoms with Crippen LogP contribution in [0.15, 0.2) is 41.4 Å². The molecule has 3 nitrogen and oxygen atoms in total. The average molecular weight is 326 g/mol. The minimum Gasteiger partial charge on any atom is -0.459 e. The van der Waals surface area contributed by atoms with Gasteiger partial charge in [-0.15, -0.1) is 6.58 Å². The smallest absolute Gasteiger partial charge is 0.324 e. The Hall–Kier alpha value is -1.13. The molecule has 0 aliphatic rings. The van der Waals surface area contributed by atoms with E-state index in [-0.39, 0.29) is 5.92 Å². The summed E-state index contributed by atoms with van der Waals surface area (Å²) in [7, 11) is 0. The van der Waals surface area contributed by atoms with E-state index in [1.165, 1.54) is 0 Å². The second-order valence-corrected chi connectivity index (χ2v) is 6.29. The predicted molar refractivity (Wildman–Crippen MR) is 80.9 cm³/mol. The first-order chi connectivity index (χ1) is 8.74. The van der Waals surface area contributed by atoms with E-state index in [0.29, 0.717) is 0 Å². The number of nitrogens with two attached hydrogens (primary N) is 1. The maximum absolute atomic E-state index is 12.0. The zero-order valence-corrected chi connectivity index (χ0v) is 13.1. The van der Waals surface area contributed by atoms with Gasteiger partial charge in [-0.3, -0.25) is 4.79 Å². The average Bonchev–Trinajstić information content (AvgIpc) is 2.30. The summed E-state index contributed by atoms with van der Waals surface area (Å²) in [4.78, 5) is 12.0. The van der Waals surface area contributed by atoms with Gasteiger partial charge in [0.2, 0.25) is 0 Å². The van der Waals surface area contributed by atoms with Crippen LogP contribution in [0.3, 0.4) is 0 Å². The Morgan fingerprint density at radius 3 is 2.32 bits per heavy atom. The third-order valence-electron chi connectivity index (χ3n) is 2.57. The lowest BCUT2D eigenvalue weighted by Crippen LogP contribution is -2.41. The number of carbonyl (C=O) groups excluding carboxylic acids is 1. The first kappa shape index (κ1) is 15.9. The van der Waals surface area contributed by atoms with E-state index < -0.39 is 17.6 Å². The van der Waals surface area contributed by atoms with E-state index >= 15 is 0 Å². The van der Waals surface area contributed by atoms with Gasteiger partial charge in [-0.2, -0.15) is 0 Å². The molecule has 0 spiro atoms. The quantitative estimate of drug-likeness (QED) is 0.682. The Bertz CT molecular complexity index is 448. The lowest BCUT2D eigenvalue weighted by atomic mass is 9.92. The molecule has 0 fully saturated rings. The van der Waals surface area contributed by atoms with Gasteiger partial charge < -0.3 is 10.5 Å². The molecule has 0 radical (unpaired) electrons. The Kier molecular flexibility index (Phi) is 5.32. The minimum absolute atomic E-state index is 0.261. The molecule has 0 bridgehead atoms. The molecule has 1 rings (SSSR count). The summed E-state index contributed by atoms with van der Waals surface area (Å²) in [5.41, 5.74) is 6.39. The van der Waals surface area contributed by atoms with Crippen LogP contribution in [0.5, 0.6) is 0 Å². The van der Waals surface area contributed by atoms with E-state index in [2.05, 4.69) is 22.5 Å². The number of hydrogen-bond donors (Lipinski definition) is 1. The zero-order valence-electron chi connectivity index (χ0n) is 11.5. The van der Waals surface area contributed by atoms with Crippen molar-refractivity contribution in [2.75, 3.05) is 0 Å². The van der Waals surface area contributed by atoms with Crippen LogP contribution in [0.4, 0.5) is 0 Å². The Balaban J connectivity index is 2.88. The number of halogens is 1. The van der Waals surface area contributed by atoms with Crippen molar-refractivity contribution in [3.8, 4) is 0 Å². The van der Waals surface area contributed by atoms with Crippen molar-refractivity contribution in [3.63, 3.8) is 0 Å². The molecule has 1 aromatic carbocycles. The fraction of sp³-hybridized carbons (Fsp3) is 0.400. The molecular formula is C15H20BrNO2. The van der Waals surface area contributed by atoms with Gasteiger partial charge in [0.25, 0.3) is 0 Å². The van der Waals surface area contributed by atoms with Crippen LogP contribution in [0.2, 0.25) is 0 Å². The molecule has 0 saturated carbocycles. The summed E-state index contributed by atoms with van der Waals surface area (Å²) in [5.74, 6) is -0.678. The maximum atomic E-state index is 12.0. The molecule has 0 heterocycles. The first-order valence-corrected chi connectivity index (χ1v) is 6.90. The number of ether oxygens (including phenoxy) is 1. The van der Waals surface area contributed by atoms with Crippen molar-refractivity contribution >= 4 is 21.9 Å². The third-order valence-corrected chi connectivity index (χ3v) is 3.10. The summed E-state index contributed by atoms with van der Waals surface area (Å²) in [6.45, 7) is 9.22. The highest BCUT2D eigenvalue weighted by Gasteiger charge is 2.28. The summed E-state index contributed by atoms with van der Waals surface area (Å²) in [5, 5.41) is 0. The largest absolute Gasteiger partial charge is 0.459 e. The van der Waals surface area contributed by atoms with Crippen molar-refractivity contribution in [2.45, 2.75) is 38.3 Å². The van der Waals surface area contributed by atoms with E-state index in [4.69, 9.17) is 10.5 Å². The van der Waals surface area contributed by atoms with Crippen molar-refractivity contribution < 1.29 is 9.53 Å². The van der Waals surface area contributed by atoms with Gasteiger partial charge >= 0.3 is 5.97 Å². The molecule has 104 valence electrons. The number of benzene rings is 1. The van der Waals surface area contributed by atoms with Crippen molar-refractivity contribution in [1.82, 2.24) is 0 Å². The van der Waals surface area contributed by atoms with Gasteiger partial charge in [0, 0.05) is 10.4 Å². The van der Waals surface area contributed by atoms with Gasteiger partial charge in [0.15, 0.2) is 0 Å². The number of hydrogen-bond acceptors (Lipinski definition) is 3. The molecule has 2 atom stereocenters. The van der Waals surface area contributed by atoms with Gasteiger partial charge in [0.1, 0.15) is 11.6 Å². The van der Waals surface area contributed by atoms with Gasteiger partial charge in [-0.05, 0) is 38.5 Å². The Labute approximate surface area is 123 Å². The molecular weight excluding hydrogens is 306 g/mol. The van der Waals surface area contributed by atoms with Crippen molar-refractivity contribution in [1.29, 1.82) is 0 Å². The number of rotatable bonds is 4. The lowest BCUT2D eigenvalue weighted by Gasteiger charge is -2.25. The molecule has 1 aromatic rings. The summed E-state index contributed by atoms with van der Waals surface area (Å²) in [6.07, 6.45) is 1.68. The van der Waals surface area contributed by atoms with Crippen LogP contribution >= 0.6 is 15.9 Å². The number of esters is 1. The highest BCUT2D eigenvalue weighted by molar-refractivity contribution is 9.10. The van der Waals surface area contributed by atoms with Crippen LogP contribution in [0, 0.1) is 0 Å². The second-order valence-electron chi connectivity index (χ2n) is 5.37. The summed E-state index contributed by atoms with van der Waals surface area (Å²) >= 11 is 3.37. The SMILES string of the molecule is C=C[C@@H](c1ccc(Br)cc1)[C@H](N)C(=O)OC(C)(C)C. The Morgan fingerprint density at radius 2 is 1.89 bits per heavy atom. The monoisotopic (exact) mass is 325 g/mol. The molecule has 0 aromatic heterocycles. The van der Waals surface area contributed by atoms with Gasteiger partial charge in [-0.25, -0.2) is 0 Å². The van der Waals surface area contributed by atoms with Crippen molar-refractivity contribution in [3.05, 3.63) is 47.0 Å². The van der Waals surface area contributed by atoms with E-state index in [1.54, 1.807) is 6.08 Å². The number of carbonyl (C=O) groups is 1. The predicted octanol–water partition coefficient (Wildman–Crippen LogP) is 3.39. The van der Waals surface area contributed by atoms with E-state index in [9.17, 15) is 4.79 Å². The second kappa shape index (κ2) is 6.35. The molecule has 4 heteroatoms. The van der Waals surface area contributed by atoms with Crippen LogP contribution in [-0.2, 0) is 9.53 Å². The van der Waals surface area contributed by atoms with E-state index in [0.717, 1.165) is 10.0 Å². The highest BCUT2D eigenvalue weighted by Crippen LogP contribution is 2.23. The molecule has 19 heavy (non-hydrogen) atoms. The van der Waals surface area contributed by atoms with Gasteiger partial charge in [0.05, 0.1) is 0 Å². The normalized spacial score (nSPS) is 14.6. The standard InChI is InChI=1S/C15H20BrNO2/c1-5-12(10-6-8-11(16)9-7-10)13(17)14(18)19-15(2,3)4/h5-9,12-13H,1,17H2,2-4H3/t12-,13-/m0/s1. The molecule has 2 N–H and O–H groups in total. The molecule has 0 aliphatic heterocycles. The van der Waals surface area contributed by atoms with Gasteiger partial charge in [-0.1, -0.05) is 34.1 Å². The molecule has 0 saturated heterocycles. The molecule has 0 aliphatic carbocycles. The molecule has 0 amide bonds. The minimum atomic E-state index is -0.752. The van der Waals surface area contributed by atoms with E-state index in [1.807, 2.05) is 45.0 Å². The van der Waals surface area contributed by atoms with Crippen LogP contribution in [-0.4, -0.2) is 17.6 Å². The first-order valence-electron chi connectivity index (χ1n) is 6.11. The van der Waals surface area contributed by atoms with Crippen molar-refractivity contribution in [2.24, 2.45) is 5.73 Å². The fourth-order valence-corrected chi connectivity index (χ4v) is 1.96. The van der Waals surface area contributed by atoms with Crippen LogP contribution in [0.25, 0.3) is 0 Å². The third kappa shape index (κ3) is 4.80. The topological polar surface area (TPSA) is 52.3 Å². The highest BCUT2D eigenvalue weighted by atomic mass is 79.9. The fourth-order valence-electron chi connectivity index (χ4n) is 1.69. The lowest BCUT2D eigenvalue weighted by molar-refractivity contribution is -0.156. The zero-order chi connectivity index (χ0) is 14.6. The maximum Gasteiger partial charge on any atom is 0.324 e. The molecule has 0 unspecified atom stereocenters. The summed E-state index contributed by atoms with van der Waals surface area (Å²) in [6, 6.07) is 6.90. The Morgan fingerprint density at radius 1 is 1.37 bits per heavy atom. The summed E-state index contributed by atoms with van der Waals surface area (Å²) < 4.78 is 6.28. The van der Waals surface area contributed by atoms with Crippen LogP contribution < -0.4 is 5.73 Å². The van der Waals surface area contributed by atoms with Crippen LogP contribution in [0.1, 0.15) is 32.3 Å².